The summed E-state index contributed by atoms with van der Waals surface area (Å²) >= 11 is 0. The van der Waals surface area contributed by atoms with Crippen LogP contribution >= 0.6 is 0 Å². The number of benzene rings is 2. The number of carboxylic acids is 1. The lowest BCUT2D eigenvalue weighted by molar-refractivity contribution is 0.0690. The first kappa shape index (κ1) is 18.9. The fraction of sp³-hybridized carbons (Fsp3) is 0. The van der Waals surface area contributed by atoms with Gasteiger partial charge in [-0.3, -0.25) is 0 Å². The van der Waals surface area contributed by atoms with E-state index < -0.39 is 5.97 Å². The van der Waals surface area contributed by atoms with Gasteiger partial charge < -0.3 is 10.4 Å². The molecule has 29 heavy (non-hydrogen) atoms. The van der Waals surface area contributed by atoms with Crippen molar-refractivity contribution in [1.29, 1.82) is 15.8 Å². The minimum Gasteiger partial charge on any atom is -0.476 e. The Labute approximate surface area is 165 Å². The van der Waals surface area contributed by atoms with Crippen LogP contribution in [0.5, 0.6) is 0 Å². The van der Waals surface area contributed by atoms with Crippen LogP contribution in [0.15, 0.2) is 71.9 Å². The number of nitrogens with zero attached hydrogens (tertiary/aromatic N) is 5. The lowest BCUT2D eigenvalue weighted by atomic mass is 10.1. The molecule has 0 saturated heterocycles. The Morgan fingerprint density at radius 1 is 0.966 bits per heavy atom. The highest BCUT2D eigenvalue weighted by molar-refractivity contribution is 5.87. The van der Waals surface area contributed by atoms with Crippen LogP contribution < -0.4 is 5.32 Å². The van der Waals surface area contributed by atoms with E-state index in [-0.39, 0.29) is 17.0 Å². The first-order valence-corrected chi connectivity index (χ1v) is 8.28. The van der Waals surface area contributed by atoms with E-state index in [1.54, 1.807) is 42.5 Å². The molecule has 3 rings (SSSR count). The van der Waals surface area contributed by atoms with Crippen LogP contribution in [0, 0.1) is 34.0 Å². The minimum absolute atomic E-state index is 0.0894. The number of hydrogen-bond acceptors (Lipinski definition) is 6. The van der Waals surface area contributed by atoms with Crippen molar-refractivity contribution in [2.24, 2.45) is 0 Å². The molecule has 8 nitrogen and oxygen atoms in total. The summed E-state index contributed by atoms with van der Waals surface area (Å²) in [5.41, 5.74) is 1.94. The Morgan fingerprint density at radius 3 is 2.17 bits per heavy atom. The van der Waals surface area contributed by atoms with Crippen molar-refractivity contribution >= 4 is 11.7 Å². The molecule has 138 valence electrons. The van der Waals surface area contributed by atoms with Gasteiger partial charge >= 0.3 is 5.97 Å². The third-order valence-electron chi connectivity index (χ3n) is 3.96. The van der Waals surface area contributed by atoms with Crippen LogP contribution in [0.25, 0.3) is 16.9 Å². The highest BCUT2D eigenvalue weighted by Gasteiger charge is 2.16. The molecule has 2 N–H and O–H groups in total. The van der Waals surface area contributed by atoms with E-state index in [2.05, 4.69) is 10.4 Å². The molecule has 0 aliphatic rings. The maximum absolute atomic E-state index is 11.4. The van der Waals surface area contributed by atoms with Crippen molar-refractivity contribution in [1.82, 2.24) is 9.78 Å². The number of rotatable bonds is 5. The highest BCUT2D eigenvalue weighted by Crippen LogP contribution is 2.25. The molecule has 2 aromatic carbocycles. The molecule has 0 bridgehead atoms. The topological polar surface area (TPSA) is 139 Å². The molecule has 1 aromatic heterocycles. The van der Waals surface area contributed by atoms with Crippen LogP contribution in [0.1, 0.15) is 10.5 Å². The van der Waals surface area contributed by atoms with Gasteiger partial charge in [-0.15, -0.1) is 0 Å². The summed E-state index contributed by atoms with van der Waals surface area (Å²) in [4.78, 5) is 11.4. The van der Waals surface area contributed by atoms with E-state index in [0.717, 1.165) is 5.56 Å². The van der Waals surface area contributed by atoms with Gasteiger partial charge in [-0.1, -0.05) is 30.3 Å². The predicted octanol–water partition coefficient (Wildman–Crippen LogP) is 3.47. The SMILES string of the molecule is N#CC(C#N)=C(C#N)Nc1ccc(-n2nc(C(=O)O)cc2-c2ccccc2)cc1. The molecule has 0 atom stereocenters. The zero-order valence-electron chi connectivity index (χ0n) is 14.9. The molecule has 1 heterocycles. The number of hydrogen-bond donors (Lipinski definition) is 2. The van der Waals surface area contributed by atoms with Crippen molar-refractivity contribution in [2.75, 3.05) is 5.32 Å². The van der Waals surface area contributed by atoms with E-state index in [1.165, 1.54) is 10.7 Å². The summed E-state index contributed by atoms with van der Waals surface area (Å²) in [5.74, 6) is -1.14. The van der Waals surface area contributed by atoms with Gasteiger partial charge in [0.1, 0.15) is 23.9 Å². The number of carboxylic acid groups (broad SMARTS) is 1. The normalized spacial score (nSPS) is 9.55. The van der Waals surface area contributed by atoms with E-state index >= 15 is 0 Å². The van der Waals surface area contributed by atoms with Gasteiger partial charge in [0.2, 0.25) is 0 Å². The van der Waals surface area contributed by atoms with Crippen LogP contribution in [-0.2, 0) is 0 Å². The summed E-state index contributed by atoms with van der Waals surface area (Å²) < 4.78 is 1.51. The van der Waals surface area contributed by atoms with Gasteiger partial charge in [-0.2, -0.15) is 20.9 Å². The van der Waals surface area contributed by atoms with Gasteiger partial charge in [-0.25, -0.2) is 9.48 Å². The largest absolute Gasteiger partial charge is 0.476 e. The summed E-state index contributed by atoms with van der Waals surface area (Å²) in [5, 5.41) is 43.1. The van der Waals surface area contributed by atoms with Crippen molar-refractivity contribution in [3.8, 4) is 35.2 Å². The second kappa shape index (κ2) is 8.22. The summed E-state index contributed by atoms with van der Waals surface area (Å²) in [6, 6.07) is 22.5. The molecule has 8 heteroatoms. The summed E-state index contributed by atoms with van der Waals surface area (Å²) in [7, 11) is 0. The molecule has 0 fully saturated rings. The summed E-state index contributed by atoms with van der Waals surface area (Å²) in [6.07, 6.45) is 0. The van der Waals surface area contributed by atoms with E-state index in [1.807, 2.05) is 30.3 Å². The Hall–Kier alpha value is -4.87. The Balaban J connectivity index is 2.00. The minimum atomic E-state index is -1.14. The Morgan fingerprint density at radius 2 is 1.62 bits per heavy atom. The second-order valence-corrected chi connectivity index (χ2v) is 5.76. The molecular weight excluding hydrogens is 368 g/mol. The van der Waals surface area contributed by atoms with Gasteiger partial charge in [0.05, 0.1) is 11.4 Å². The second-order valence-electron chi connectivity index (χ2n) is 5.76. The van der Waals surface area contributed by atoms with Crippen molar-refractivity contribution in [2.45, 2.75) is 0 Å². The van der Waals surface area contributed by atoms with E-state index in [0.29, 0.717) is 17.1 Å². The van der Waals surface area contributed by atoms with Crippen LogP contribution in [0.3, 0.4) is 0 Å². The third kappa shape index (κ3) is 3.95. The number of nitriles is 3. The van der Waals surface area contributed by atoms with E-state index in [9.17, 15) is 9.90 Å². The monoisotopic (exact) mass is 380 g/mol. The molecule has 0 amide bonds. The number of aromatic nitrogens is 2. The van der Waals surface area contributed by atoms with Crippen molar-refractivity contribution < 1.29 is 9.90 Å². The molecule has 0 unspecified atom stereocenters. The zero-order chi connectivity index (χ0) is 20.8. The molecule has 0 aliphatic heterocycles. The van der Waals surface area contributed by atoms with Crippen LogP contribution in [0.4, 0.5) is 5.69 Å². The highest BCUT2D eigenvalue weighted by atomic mass is 16.4. The fourth-order valence-electron chi connectivity index (χ4n) is 2.61. The van der Waals surface area contributed by atoms with Crippen molar-refractivity contribution in [3.05, 3.63) is 77.6 Å². The average Bonchev–Trinajstić information content (AvgIpc) is 3.21. The van der Waals surface area contributed by atoms with Gasteiger partial charge in [-0.05, 0) is 30.3 Å². The number of nitrogens with one attached hydrogen (secondary N) is 1. The molecule has 0 aliphatic carbocycles. The number of aromatic carboxylic acids is 1. The van der Waals surface area contributed by atoms with Gasteiger partial charge in [0, 0.05) is 11.3 Å². The Kier molecular flexibility index (Phi) is 5.36. The number of allylic oxidation sites excluding steroid dienone is 2. The molecule has 0 radical (unpaired) electrons. The molecular formula is C21H12N6O2. The molecule has 0 spiro atoms. The lowest BCUT2D eigenvalue weighted by Crippen LogP contribution is -2.03. The molecule has 0 saturated carbocycles. The summed E-state index contributed by atoms with van der Waals surface area (Å²) in [6.45, 7) is 0. The quantitative estimate of drug-likeness (QED) is 0.646. The zero-order valence-corrected chi connectivity index (χ0v) is 14.9. The van der Waals surface area contributed by atoms with Crippen molar-refractivity contribution in [3.63, 3.8) is 0 Å². The first-order chi connectivity index (χ1) is 14.1. The van der Waals surface area contributed by atoms with Gasteiger partial charge in [0.15, 0.2) is 11.3 Å². The Bertz CT molecular complexity index is 1200. The third-order valence-corrected chi connectivity index (χ3v) is 3.96. The maximum atomic E-state index is 11.4. The van der Waals surface area contributed by atoms with E-state index in [4.69, 9.17) is 15.8 Å². The number of carbonyl (C=O) groups is 1. The maximum Gasteiger partial charge on any atom is 0.356 e. The molecule has 3 aromatic rings. The fourth-order valence-corrected chi connectivity index (χ4v) is 2.61. The average molecular weight is 380 g/mol. The smallest absolute Gasteiger partial charge is 0.356 e. The lowest BCUT2D eigenvalue weighted by Gasteiger charge is -2.09. The van der Waals surface area contributed by atoms with Crippen LogP contribution in [-0.4, -0.2) is 20.9 Å². The first-order valence-electron chi connectivity index (χ1n) is 8.28. The van der Waals surface area contributed by atoms with Crippen LogP contribution in [0.2, 0.25) is 0 Å². The standard InChI is InChI=1S/C21H12N6O2/c22-11-15(12-23)19(13-24)25-16-6-8-17(9-7-16)27-20(10-18(26-27)21(28)29)14-4-2-1-3-5-14/h1-10,25H,(H,28,29). The predicted molar refractivity (Wildman–Crippen MR) is 103 cm³/mol. The number of anilines is 1. The van der Waals surface area contributed by atoms with Gasteiger partial charge in [0.25, 0.3) is 0 Å².